The molecule has 0 amide bonds. The van der Waals surface area contributed by atoms with E-state index in [1.165, 1.54) is 6.08 Å². The van der Waals surface area contributed by atoms with Crippen molar-refractivity contribution in [1.29, 1.82) is 0 Å². The summed E-state index contributed by atoms with van der Waals surface area (Å²) in [6, 6.07) is 16.5. The van der Waals surface area contributed by atoms with Gasteiger partial charge in [-0.1, -0.05) is 42.5 Å². The first-order valence-corrected chi connectivity index (χ1v) is 8.54. The molecular formula is C22H15N3O3. The van der Waals surface area contributed by atoms with Crippen LogP contribution in [-0.2, 0) is 0 Å². The number of hydrogen-bond acceptors (Lipinski definition) is 4. The van der Waals surface area contributed by atoms with Crippen molar-refractivity contribution in [2.24, 2.45) is 0 Å². The zero-order valence-electron chi connectivity index (χ0n) is 14.7. The van der Waals surface area contributed by atoms with Gasteiger partial charge < -0.3 is 5.11 Å². The molecule has 0 spiro atoms. The van der Waals surface area contributed by atoms with E-state index in [4.69, 9.17) is 0 Å². The third kappa shape index (κ3) is 3.16. The maximum absolute atomic E-state index is 12.4. The summed E-state index contributed by atoms with van der Waals surface area (Å²) in [6.07, 6.45) is 6.29. The normalized spacial score (nSPS) is 10.4. The van der Waals surface area contributed by atoms with Crippen molar-refractivity contribution in [3.63, 3.8) is 0 Å². The standard InChI is InChI=1S/C22H15N3O3/c26-20-18(10-4-8-15-6-2-1-3-7-15)21(27)25(22(28)24-20)19-11-5-9-16-14-23-13-12-17(16)19/h1-3,5-14,27H,(H,24,26,28). The molecule has 2 aromatic heterocycles. The van der Waals surface area contributed by atoms with Gasteiger partial charge in [0.1, 0.15) is 5.56 Å². The molecule has 2 aromatic carbocycles. The Morgan fingerprint density at radius 3 is 2.64 bits per heavy atom. The first kappa shape index (κ1) is 17.3. The third-order valence-corrected chi connectivity index (χ3v) is 4.30. The quantitative estimate of drug-likeness (QED) is 0.543. The van der Waals surface area contributed by atoms with Crippen LogP contribution >= 0.6 is 0 Å². The van der Waals surface area contributed by atoms with Crippen molar-refractivity contribution in [2.75, 3.05) is 0 Å². The summed E-state index contributed by atoms with van der Waals surface area (Å²) >= 11 is 0. The number of nitrogens with one attached hydrogen (secondary N) is 1. The number of aromatic nitrogens is 3. The fraction of sp³-hybridized carbons (Fsp3) is 0. The van der Waals surface area contributed by atoms with Gasteiger partial charge in [0, 0.05) is 23.2 Å². The fourth-order valence-corrected chi connectivity index (χ4v) is 2.96. The molecule has 4 rings (SSSR count). The summed E-state index contributed by atoms with van der Waals surface area (Å²) in [5, 5.41) is 12.2. The summed E-state index contributed by atoms with van der Waals surface area (Å²) in [6.45, 7) is 0. The second-order valence-electron chi connectivity index (χ2n) is 6.07. The van der Waals surface area contributed by atoms with Crippen molar-refractivity contribution in [3.05, 3.63) is 105 Å². The molecule has 0 aliphatic rings. The summed E-state index contributed by atoms with van der Waals surface area (Å²) in [5.41, 5.74) is 2.75. The molecule has 0 unspecified atom stereocenters. The largest absolute Gasteiger partial charge is 0.494 e. The smallest absolute Gasteiger partial charge is 0.335 e. The average Bonchev–Trinajstić information content (AvgIpc) is 2.71. The molecule has 2 heterocycles. The maximum Gasteiger partial charge on any atom is 0.335 e. The lowest BCUT2D eigenvalue weighted by atomic mass is 10.1. The molecule has 0 aliphatic carbocycles. The van der Waals surface area contributed by atoms with Gasteiger partial charge in [0.25, 0.3) is 5.56 Å². The van der Waals surface area contributed by atoms with Crippen molar-refractivity contribution < 1.29 is 5.11 Å². The van der Waals surface area contributed by atoms with E-state index in [0.717, 1.165) is 20.9 Å². The molecule has 0 fully saturated rings. The minimum Gasteiger partial charge on any atom is -0.494 e. The first-order valence-electron chi connectivity index (χ1n) is 8.54. The van der Waals surface area contributed by atoms with E-state index in [2.05, 4.69) is 15.7 Å². The monoisotopic (exact) mass is 369 g/mol. The minimum atomic E-state index is -0.726. The van der Waals surface area contributed by atoms with Crippen LogP contribution in [0.3, 0.4) is 0 Å². The number of aromatic amines is 1. The van der Waals surface area contributed by atoms with Crippen LogP contribution in [-0.4, -0.2) is 19.6 Å². The molecule has 0 bridgehead atoms. The Bertz CT molecular complexity index is 1340. The van der Waals surface area contributed by atoms with Crippen molar-refractivity contribution in [2.45, 2.75) is 0 Å². The molecule has 136 valence electrons. The van der Waals surface area contributed by atoms with Crippen LogP contribution < -0.4 is 11.2 Å². The second-order valence-corrected chi connectivity index (χ2v) is 6.07. The molecule has 2 N–H and O–H groups in total. The second kappa shape index (κ2) is 7.23. The van der Waals surface area contributed by atoms with Crippen LogP contribution in [0.15, 0.2) is 82.3 Å². The van der Waals surface area contributed by atoms with Crippen molar-refractivity contribution in [1.82, 2.24) is 14.5 Å². The summed E-state index contributed by atoms with van der Waals surface area (Å²) in [7, 11) is 0. The van der Waals surface area contributed by atoms with Crippen LogP contribution in [0.4, 0.5) is 0 Å². The van der Waals surface area contributed by atoms with Crippen molar-refractivity contribution in [3.8, 4) is 11.6 Å². The summed E-state index contributed by atoms with van der Waals surface area (Å²) in [4.78, 5) is 31.0. The number of H-pyrrole nitrogens is 1. The lowest BCUT2D eigenvalue weighted by Crippen LogP contribution is -2.30. The van der Waals surface area contributed by atoms with Gasteiger partial charge in [-0.15, -0.1) is 5.73 Å². The summed E-state index contributed by atoms with van der Waals surface area (Å²) in [5.74, 6) is -0.452. The Kier molecular flexibility index (Phi) is 4.46. The molecule has 0 aliphatic heterocycles. The highest BCUT2D eigenvalue weighted by molar-refractivity contribution is 5.89. The molecule has 0 saturated carbocycles. The Morgan fingerprint density at radius 2 is 1.82 bits per heavy atom. The summed E-state index contributed by atoms with van der Waals surface area (Å²) < 4.78 is 1.07. The molecule has 28 heavy (non-hydrogen) atoms. The van der Waals surface area contributed by atoms with Gasteiger partial charge in [-0.05, 0) is 29.8 Å². The van der Waals surface area contributed by atoms with E-state index < -0.39 is 17.1 Å². The number of nitrogens with zero attached hydrogens (tertiary/aromatic N) is 2. The highest BCUT2D eigenvalue weighted by Crippen LogP contribution is 2.24. The van der Waals surface area contributed by atoms with Crippen LogP contribution in [0.25, 0.3) is 28.6 Å². The van der Waals surface area contributed by atoms with Gasteiger partial charge >= 0.3 is 5.69 Å². The molecule has 0 atom stereocenters. The SMILES string of the molecule is O=c1[nH]c(=O)n(-c2cccc3cnccc23)c(O)c1C=C=Cc1ccccc1. The number of aromatic hydroxyl groups is 1. The van der Waals surface area contributed by atoms with Crippen LogP contribution in [0.1, 0.15) is 11.1 Å². The minimum absolute atomic E-state index is 0.0576. The third-order valence-electron chi connectivity index (χ3n) is 4.30. The first-order chi connectivity index (χ1) is 13.6. The van der Waals surface area contributed by atoms with E-state index >= 15 is 0 Å². The Hall–Kier alpha value is -4.15. The maximum atomic E-state index is 12.4. The lowest BCUT2D eigenvalue weighted by Gasteiger charge is -2.12. The number of hydrogen-bond donors (Lipinski definition) is 2. The lowest BCUT2D eigenvalue weighted by molar-refractivity contribution is 0.430. The highest BCUT2D eigenvalue weighted by Gasteiger charge is 2.15. The predicted octanol–water partition coefficient (Wildman–Crippen LogP) is 3.11. The van der Waals surface area contributed by atoms with E-state index in [1.54, 1.807) is 36.7 Å². The van der Waals surface area contributed by atoms with Gasteiger partial charge in [0.05, 0.1) is 5.69 Å². The van der Waals surface area contributed by atoms with Crippen LogP contribution in [0.5, 0.6) is 5.88 Å². The van der Waals surface area contributed by atoms with E-state index in [0.29, 0.717) is 5.69 Å². The van der Waals surface area contributed by atoms with Crippen LogP contribution in [0.2, 0.25) is 0 Å². The number of fused-ring (bicyclic) bond motifs is 1. The van der Waals surface area contributed by atoms with Crippen LogP contribution in [0, 0.1) is 0 Å². The van der Waals surface area contributed by atoms with Gasteiger partial charge in [-0.3, -0.25) is 14.8 Å². The predicted molar refractivity (Wildman–Crippen MR) is 109 cm³/mol. The molecule has 0 radical (unpaired) electrons. The van der Waals surface area contributed by atoms with Gasteiger partial charge in [0.2, 0.25) is 5.88 Å². The number of rotatable bonds is 3. The molecule has 4 aromatic rings. The molecule has 6 nitrogen and oxygen atoms in total. The Balaban J connectivity index is 1.91. The Morgan fingerprint density at radius 1 is 1.00 bits per heavy atom. The zero-order valence-corrected chi connectivity index (χ0v) is 14.7. The van der Waals surface area contributed by atoms with Crippen molar-refractivity contribution >= 4 is 22.9 Å². The molecular weight excluding hydrogens is 354 g/mol. The van der Waals surface area contributed by atoms with Gasteiger partial charge in [0.15, 0.2) is 0 Å². The molecule has 0 saturated heterocycles. The average molecular weight is 369 g/mol. The highest BCUT2D eigenvalue weighted by atomic mass is 16.3. The Labute approximate surface area is 159 Å². The molecule has 6 heteroatoms. The van der Waals surface area contributed by atoms with Gasteiger partial charge in [-0.25, -0.2) is 9.36 Å². The zero-order chi connectivity index (χ0) is 19.5. The fourth-order valence-electron chi connectivity index (χ4n) is 2.96. The van der Waals surface area contributed by atoms with E-state index in [9.17, 15) is 14.7 Å². The van der Waals surface area contributed by atoms with E-state index in [1.807, 2.05) is 36.4 Å². The number of benzene rings is 2. The van der Waals surface area contributed by atoms with Gasteiger partial charge in [-0.2, -0.15) is 0 Å². The topological polar surface area (TPSA) is 88.0 Å². The number of pyridine rings is 1. The van der Waals surface area contributed by atoms with E-state index in [-0.39, 0.29) is 5.56 Å².